The monoisotopic (exact) mass is 292 g/mol. The van der Waals surface area contributed by atoms with Crippen molar-refractivity contribution in [2.75, 3.05) is 26.3 Å². The quantitative estimate of drug-likeness (QED) is 0.831. The molecule has 0 saturated carbocycles. The van der Waals surface area contributed by atoms with E-state index in [0.717, 1.165) is 5.56 Å². The molecule has 0 spiro atoms. The van der Waals surface area contributed by atoms with E-state index in [2.05, 4.69) is 5.16 Å². The summed E-state index contributed by atoms with van der Waals surface area (Å²) in [4.78, 5) is 19.7. The number of hydrogen-bond donors (Lipinski definition) is 0. The van der Waals surface area contributed by atoms with Gasteiger partial charge in [0.15, 0.2) is 0 Å². The van der Waals surface area contributed by atoms with Gasteiger partial charge < -0.3 is 14.5 Å². The van der Waals surface area contributed by atoms with Crippen molar-refractivity contribution < 1.29 is 18.8 Å². The van der Waals surface area contributed by atoms with Gasteiger partial charge in [0.1, 0.15) is 5.82 Å². The molecule has 1 aromatic carbocycles. The molecule has 3 rings (SSSR count). The number of morpholine rings is 1. The molecule has 21 heavy (non-hydrogen) atoms. The molecule has 0 aromatic heterocycles. The molecule has 2 aliphatic rings. The molecule has 1 saturated heterocycles. The van der Waals surface area contributed by atoms with Gasteiger partial charge in [0.25, 0.3) is 5.91 Å². The molecule has 1 amide bonds. The minimum absolute atomic E-state index is 0.0772. The molecule has 5 nitrogen and oxygen atoms in total. The zero-order valence-corrected chi connectivity index (χ0v) is 11.8. The van der Waals surface area contributed by atoms with Gasteiger partial charge in [-0.05, 0) is 24.6 Å². The second kappa shape index (κ2) is 5.44. The van der Waals surface area contributed by atoms with Crippen molar-refractivity contribution in [2.24, 2.45) is 5.16 Å². The van der Waals surface area contributed by atoms with Crippen LogP contribution in [0.3, 0.4) is 0 Å². The Balaban J connectivity index is 1.71. The minimum Gasteiger partial charge on any atom is -0.379 e. The molecule has 1 fully saturated rings. The van der Waals surface area contributed by atoms with Crippen LogP contribution in [0.1, 0.15) is 18.9 Å². The first-order valence-corrected chi connectivity index (χ1v) is 6.97. The van der Waals surface area contributed by atoms with E-state index in [-0.39, 0.29) is 11.7 Å². The third-order valence-electron chi connectivity index (χ3n) is 3.79. The van der Waals surface area contributed by atoms with Gasteiger partial charge in [0, 0.05) is 19.5 Å². The second-order valence-corrected chi connectivity index (χ2v) is 5.45. The lowest BCUT2D eigenvalue weighted by atomic mass is 9.94. The van der Waals surface area contributed by atoms with E-state index >= 15 is 0 Å². The smallest absolute Gasteiger partial charge is 0.269 e. The first kappa shape index (κ1) is 14.0. The van der Waals surface area contributed by atoms with E-state index in [1.165, 1.54) is 12.1 Å². The highest BCUT2D eigenvalue weighted by molar-refractivity contribution is 6.05. The van der Waals surface area contributed by atoms with Crippen LogP contribution in [0, 0.1) is 5.82 Å². The van der Waals surface area contributed by atoms with E-state index in [0.29, 0.717) is 38.4 Å². The number of halogens is 1. The molecule has 0 bridgehead atoms. The Bertz CT molecular complexity index is 567. The average molecular weight is 292 g/mol. The van der Waals surface area contributed by atoms with Gasteiger partial charge in [-0.25, -0.2) is 4.39 Å². The van der Waals surface area contributed by atoms with Crippen LogP contribution in [0.4, 0.5) is 4.39 Å². The Morgan fingerprint density at radius 2 is 1.95 bits per heavy atom. The topological polar surface area (TPSA) is 51.1 Å². The number of hydrogen-bond acceptors (Lipinski definition) is 4. The lowest BCUT2D eigenvalue weighted by Crippen LogP contribution is -2.51. The molecule has 2 aliphatic heterocycles. The van der Waals surface area contributed by atoms with Crippen LogP contribution < -0.4 is 0 Å². The second-order valence-electron chi connectivity index (χ2n) is 5.45. The summed E-state index contributed by atoms with van der Waals surface area (Å²) < 4.78 is 18.2. The zero-order valence-electron chi connectivity index (χ0n) is 11.8. The number of ether oxygens (including phenoxy) is 1. The average Bonchev–Trinajstić information content (AvgIpc) is 2.92. The summed E-state index contributed by atoms with van der Waals surface area (Å²) in [6.07, 6.45) is 0.384. The molecule has 6 heteroatoms. The minimum atomic E-state index is -0.985. The number of nitrogens with zero attached hydrogens (tertiary/aromatic N) is 2. The number of carbonyl (C=O) groups is 1. The highest BCUT2D eigenvalue weighted by atomic mass is 19.1. The third-order valence-corrected chi connectivity index (χ3v) is 3.79. The van der Waals surface area contributed by atoms with Gasteiger partial charge in [0.05, 0.1) is 18.9 Å². The summed E-state index contributed by atoms with van der Waals surface area (Å²) in [6.45, 7) is 3.99. The summed E-state index contributed by atoms with van der Waals surface area (Å²) >= 11 is 0. The summed E-state index contributed by atoms with van der Waals surface area (Å²) in [6, 6.07) is 6.03. The molecule has 0 aliphatic carbocycles. The van der Waals surface area contributed by atoms with Crippen molar-refractivity contribution in [3.05, 3.63) is 35.6 Å². The largest absolute Gasteiger partial charge is 0.379 e. The maximum Gasteiger partial charge on any atom is 0.269 e. The number of carbonyl (C=O) groups excluding carboxylic acids is 1. The number of benzene rings is 1. The highest BCUT2D eigenvalue weighted by Crippen LogP contribution is 2.29. The lowest BCUT2D eigenvalue weighted by molar-refractivity contribution is -0.157. The van der Waals surface area contributed by atoms with E-state index < -0.39 is 5.60 Å². The Morgan fingerprint density at radius 3 is 2.62 bits per heavy atom. The molecule has 2 heterocycles. The molecular formula is C15H17FN2O3. The van der Waals surface area contributed by atoms with Gasteiger partial charge in [-0.2, -0.15) is 0 Å². The fourth-order valence-corrected chi connectivity index (χ4v) is 2.55. The number of amides is 1. The summed E-state index contributed by atoms with van der Waals surface area (Å²) in [5.74, 6) is -0.378. The Labute approximate surface area is 122 Å². The third kappa shape index (κ3) is 2.76. The van der Waals surface area contributed by atoms with Gasteiger partial charge in [-0.3, -0.25) is 4.79 Å². The van der Waals surface area contributed by atoms with E-state index in [1.54, 1.807) is 24.0 Å². The number of oxime groups is 1. The van der Waals surface area contributed by atoms with Crippen LogP contribution in [-0.4, -0.2) is 48.4 Å². The normalized spacial score (nSPS) is 25.4. The molecule has 1 aromatic rings. The van der Waals surface area contributed by atoms with Crippen LogP contribution in [0.15, 0.2) is 29.4 Å². The first-order chi connectivity index (χ1) is 10.1. The van der Waals surface area contributed by atoms with E-state index in [9.17, 15) is 9.18 Å². The van der Waals surface area contributed by atoms with Crippen molar-refractivity contribution in [3.63, 3.8) is 0 Å². The summed E-state index contributed by atoms with van der Waals surface area (Å²) in [5, 5.41) is 4.02. The van der Waals surface area contributed by atoms with Gasteiger partial charge in [-0.1, -0.05) is 17.3 Å². The Kier molecular flexibility index (Phi) is 3.63. The standard InChI is InChI=1S/C15H17FN2O3/c1-15(14(19)18-6-8-20-9-7-18)10-13(17-21-15)11-2-4-12(16)5-3-11/h2-5H,6-10H2,1H3/t15-/m1/s1. The molecule has 112 valence electrons. The predicted molar refractivity (Wildman–Crippen MR) is 74.4 cm³/mol. The summed E-state index contributed by atoms with van der Waals surface area (Å²) in [7, 11) is 0. The van der Waals surface area contributed by atoms with Crippen LogP contribution in [0.25, 0.3) is 0 Å². The lowest BCUT2D eigenvalue weighted by Gasteiger charge is -2.32. The molecule has 0 radical (unpaired) electrons. The summed E-state index contributed by atoms with van der Waals surface area (Å²) in [5.41, 5.74) is 0.454. The zero-order chi connectivity index (χ0) is 14.9. The van der Waals surface area contributed by atoms with Gasteiger partial charge in [0.2, 0.25) is 5.60 Å². The first-order valence-electron chi connectivity index (χ1n) is 6.97. The van der Waals surface area contributed by atoms with E-state index in [4.69, 9.17) is 9.57 Å². The van der Waals surface area contributed by atoms with Gasteiger partial charge >= 0.3 is 0 Å². The maximum absolute atomic E-state index is 13.0. The Morgan fingerprint density at radius 1 is 1.29 bits per heavy atom. The maximum atomic E-state index is 13.0. The van der Waals surface area contributed by atoms with Crippen molar-refractivity contribution >= 4 is 11.6 Å². The van der Waals surface area contributed by atoms with Crippen LogP contribution >= 0.6 is 0 Å². The van der Waals surface area contributed by atoms with Crippen molar-refractivity contribution in [3.8, 4) is 0 Å². The van der Waals surface area contributed by atoms with E-state index in [1.807, 2.05) is 0 Å². The predicted octanol–water partition coefficient (Wildman–Crippen LogP) is 1.57. The van der Waals surface area contributed by atoms with Crippen LogP contribution in [0.2, 0.25) is 0 Å². The van der Waals surface area contributed by atoms with Crippen LogP contribution in [0.5, 0.6) is 0 Å². The SMILES string of the molecule is C[C@]1(C(=O)N2CCOCC2)CC(c2ccc(F)cc2)=NO1. The fraction of sp³-hybridized carbons (Fsp3) is 0.467. The fourth-order valence-electron chi connectivity index (χ4n) is 2.55. The van der Waals surface area contributed by atoms with Gasteiger partial charge in [-0.15, -0.1) is 0 Å². The van der Waals surface area contributed by atoms with Crippen molar-refractivity contribution in [1.82, 2.24) is 4.90 Å². The number of rotatable bonds is 2. The molecular weight excluding hydrogens is 275 g/mol. The van der Waals surface area contributed by atoms with Crippen LogP contribution in [-0.2, 0) is 14.4 Å². The van der Waals surface area contributed by atoms with Crippen molar-refractivity contribution in [2.45, 2.75) is 18.9 Å². The Hall–Kier alpha value is -1.95. The molecule has 1 atom stereocenters. The molecule has 0 N–H and O–H groups in total. The highest BCUT2D eigenvalue weighted by Gasteiger charge is 2.44. The van der Waals surface area contributed by atoms with Crippen molar-refractivity contribution in [1.29, 1.82) is 0 Å². The molecule has 0 unspecified atom stereocenters.